The smallest absolute Gasteiger partial charge is 0.0854 e. The molecule has 2 heterocycles. The van der Waals surface area contributed by atoms with Crippen molar-refractivity contribution in [1.82, 2.24) is 0 Å². The van der Waals surface area contributed by atoms with E-state index in [1.165, 1.54) is 17.5 Å². The molecule has 156 valence electrons. The van der Waals surface area contributed by atoms with E-state index in [1.54, 1.807) is 0 Å². The van der Waals surface area contributed by atoms with Crippen LogP contribution in [0.1, 0.15) is 47.6 Å². The van der Waals surface area contributed by atoms with Crippen LogP contribution in [-0.4, -0.2) is 42.2 Å². The molecule has 0 bridgehead atoms. The van der Waals surface area contributed by atoms with Crippen LogP contribution in [-0.2, 0) is 22.3 Å². The highest BCUT2D eigenvalue weighted by atomic mass is 35.5. The van der Waals surface area contributed by atoms with Gasteiger partial charge < -0.3 is 19.7 Å². The Hall–Kier alpha value is -1.43. The molecule has 3 unspecified atom stereocenters. The first-order chi connectivity index (χ1) is 14.1. The number of ether oxygens (including phenoxy) is 2. The molecule has 0 radical (unpaired) electrons. The summed E-state index contributed by atoms with van der Waals surface area (Å²) in [6.07, 6.45) is 3.07. The van der Waals surface area contributed by atoms with E-state index < -0.39 is 6.10 Å². The van der Waals surface area contributed by atoms with Crippen LogP contribution in [0.5, 0.6) is 0 Å². The molecule has 0 saturated carbocycles. The first-order valence-electron chi connectivity index (χ1n) is 10.5. The summed E-state index contributed by atoms with van der Waals surface area (Å²) in [6, 6.07) is 14.7. The Bertz CT molecular complexity index is 803. The van der Waals surface area contributed by atoms with E-state index in [1.807, 2.05) is 12.1 Å². The maximum atomic E-state index is 10.1. The van der Waals surface area contributed by atoms with Crippen LogP contribution in [0, 0.1) is 5.92 Å². The predicted octanol–water partition coefficient (Wildman–Crippen LogP) is 4.08. The van der Waals surface area contributed by atoms with Gasteiger partial charge in [-0.1, -0.05) is 48.0 Å². The number of hydrogen-bond acceptors (Lipinski definition) is 4. The lowest BCUT2D eigenvalue weighted by Crippen LogP contribution is -2.33. The SMILES string of the molecule is OCC1CC(O)CC(c2ccc(Cl)c(Cc3ccc(CCC4COC4)cc3)c2)O1. The predicted molar refractivity (Wildman–Crippen MR) is 113 cm³/mol. The van der Waals surface area contributed by atoms with Crippen molar-refractivity contribution in [1.29, 1.82) is 0 Å². The van der Waals surface area contributed by atoms with E-state index in [9.17, 15) is 10.2 Å². The van der Waals surface area contributed by atoms with Crippen LogP contribution in [0.2, 0.25) is 5.02 Å². The number of aliphatic hydroxyl groups excluding tert-OH is 2. The average molecular weight is 417 g/mol. The topological polar surface area (TPSA) is 58.9 Å². The molecule has 2 aromatic rings. The molecule has 5 heteroatoms. The summed E-state index contributed by atoms with van der Waals surface area (Å²) in [5.41, 5.74) is 4.63. The first kappa shape index (κ1) is 20.8. The highest BCUT2D eigenvalue weighted by molar-refractivity contribution is 6.31. The molecule has 0 aliphatic carbocycles. The van der Waals surface area contributed by atoms with Crippen LogP contribution in [0.25, 0.3) is 0 Å². The number of benzene rings is 2. The van der Waals surface area contributed by atoms with Crippen molar-refractivity contribution in [2.75, 3.05) is 19.8 Å². The lowest BCUT2D eigenvalue weighted by molar-refractivity contribution is -0.113. The normalized spacial score (nSPS) is 25.0. The van der Waals surface area contributed by atoms with Crippen molar-refractivity contribution in [3.05, 3.63) is 69.7 Å². The van der Waals surface area contributed by atoms with Gasteiger partial charge in [-0.15, -0.1) is 0 Å². The fraction of sp³-hybridized carbons (Fsp3) is 0.500. The highest BCUT2D eigenvalue weighted by Crippen LogP contribution is 2.33. The van der Waals surface area contributed by atoms with Gasteiger partial charge in [0.15, 0.2) is 0 Å². The molecule has 0 aromatic heterocycles. The van der Waals surface area contributed by atoms with Crippen LogP contribution >= 0.6 is 11.6 Å². The molecule has 2 aliphatic rings. The Morgan fingerprint density at radius 1 is 1.00 bits per heavy atom. The molecular weight excluding hydrogens is 388 g/mol. The van der Waals surface area contributed by atoms with Crippen molar-refractivity contribution >= 4 is 11.6 Å². The zero-order valence-corrected chi connectivity index (χ0v) is 17.4. The van der Waals surface area contributed by atoms with Gasteiger partial charge in [0.05, 0.1) is 38.1 Å². The number of hydrogen-bond donors (Lipinski definition) is 2. The van der Waals surface area contributed by atoms with Crippen molar-refractivity contribution < 1.29 is 19.7 Å². The van der Waals surface area contributed by atoms with Crippen molar-refractivity contribution in [2.24, 2.45) is 5.92 Å². The summed E-state index contributed by atoms with van der Waals surface area (Å²) in [7, 11) is 0. The van der Waals surface area contributed by atoms with E-state index in [-0.39, 0.29) is 18.8 Å². The summed E-state index contributed by atoms with van der Waals surface area (Å²) in [4.78, 5) is 0. The van der Waals surface area contributed by atoms with Gasteiger partial charge in [-0.25, -0.2) is 0 Å². The van der Waals surface area contributed by atoms with E-state index in [4.69, 9.17) is 21.1 Å². The van der Waals surface area contributed by atoms with Crippen LogP contribution in [0.15, 0.2) is 42.5 Å². The average Bonchev–Trinajstić information content (AvgIpc) is 2.69. The standard InChI is InChI=1S/C24H29ClO4/c25-23-8-7-19(24-12-21(27)11-22(13-26)29-24)10-20(23)9-17-4-1-16(2-5-17)3-6-18-14-28-15-18/h1-2,4-5,7-8,10,18,21-22,24,26-27H,3,6,9,11-15H2. The summed E-state index contributed by atoms with van der Waals surface area (Å²) in [5.74, 6) is 0.724. The van der Waals surface area contributed by atoms with E-state index in [0.717, 1.165) is 48.1 Å². The second-order valence-corrected chi connectivity index (χ2v) is 8.75. The number of halogens is 1. The molecular formula is C24H29ClO4. The Kier molecular flexibility index (Phi) is 6.88. The quantitative estimate of drug-likeness (QED) is 0.713. The Labute approximate surface area is 177 Å². The zero-order valence-electron chi connectivity index (χ0n) is 16.6. The van der Waals surface area contributed by atoms with Crippen molar-refractivity contribution in [3.63, 3.8) is 0 Å². The lowest BCUT2D eigenvalue weighted by atomic mass is 9.93. The minimum atomic E-state index is -0.455. The molecule has 2 aromatic carbocycles. The van der Waals surface area contributed by atoms with Gasteiger partial charge in [-0.2, -0.15) is 0 Å². The van der Waals surface area contributed by atoms with Crippen molar-refractivity contribution in [2.45, 2.75) is 50.4 Å². The van der Waals surface area contributed by atoms with E-state index >= 15 is 0 Å². The maximum Gasteiger partial charge on any atom is 0.0854 e. The summed E-state index contributed by atoms with van der Waals surface area (Å²) >= 11 is 6.47. The largest absolute Gasteiger partial charge is 0.394 e. The molecule has 2 fully saturated rings. The second-order valence-electron chi connectivity index (χ2n) is 8.34. The number of rotatable bonds is 7. The lowest BCUT2D eigenvalue weighted by Gasteiger charge is -2.32. The Morgan fingerprint density at radius 3 is 2.45 bits per heavy atom. The van der Waals surface area contributed by atoms with Crippen LogP contribution in [0.3, 0.4) is 0 Å². The van der Waals surface area contributed by atoms with Gasteiger partial charge >= 0.3 is 0 Å². The Morgan fingerprint density at radius 2 is 1.76 bits per heavy atom. The molecule has 0 spiro atoms. The Balaban J connectivity index is 1.42. The number of aliphatic hydroxyl groups is 2. The second kappa shape index (κ2) is 9.59. The first-order valence-corrected chi connectivity index (χ1v) is 10.9. The minimum Gasteiger partial charge on any atom is -0.394 e. The monoisotopic (exact) mass is 416 g/mol. The third-order valence-electron chi connectivity index (χ3n) is 5.99. The van der Waals surface area contributed by atoms with Gasteiger partial charge in [0.25, 0.3) is 0 Å². The molecule has 4 nitrogen and oxygen atoms in total. The zero-order chi connectivity index (χ0) is 20.2. The maximum absolute atomic E-state index is 10.1. The van der Waals surface area contributed by atoms with Gasteiger partial charge in [0, 0.05) is 23.8 Å². The summed E-state index contributed by atoms with van der Waals surface area (Å²) < 4.78 is 11.2. The van der Waals surface area contributed by atoms with Crippen molar-refractivity contribution in [3.8, 4) is 0 Å². The minimum absolute atomic E-state index is 0.0753. The molecule has 0 amide bonds. The third kappa shape index (κ3) is 5.39. The molecule has 29 heavy (non-hydrogen) atoms. The van der Waals surface area contributed by atoms with E-state index in [0.29, 0.717) is 12.8 Å². The van der Waals surface area contributed by atoms with Gasteiger partial charge in [0.1, 0.15) is 0 Å². The third-order valence-corrected chi connectivity index (χ3v) is 6.36. The van der Waals surface area contributed by atoms with Gasteiger partial charge in [-0.3, -0.25) is 0 Å². The van der Waals surface area contributed by atoms with Gasteiger partial charge in [-0.05, 0) is 47.6 Å². The molecule has 2 N–H and O–H groups in total. The fourth-order valence-corrected chi connectivity index (χ4v) is 4.30. The van der Waals surface area contributed by atoms with Crippen LogP contribution in [0.4, 0.5) is 0 Å². The summed E-state index contributed by atoms with van der Waals surface area (Å²) in [6.45, 7) is 1.75. The van der Waals surface area contributed by atoms with Crippen LogP contribution < -0.4 is 0 Å². The van der Waals surface area contributed by atoms with E-state index in [2.05, 4.69) is 30.3 Å². The molecule has 2 aliphatic heterocycles. The number of aryl methyl sites for hydroxylation is 1. The summed E-state index contributed by atoms with van der Waals surface area (Å²) in [5, 5.41) is 20.2. The molecule has 3 atom stereocenters. The fourth-order valence-electron chi connectivity index (χ4n) is 4.12. The van der Waals surface area contributed by atoms with Gasteiger partial charge in [0.2, 0.25) is 0 Å². The molecule has 2 saturated heterocycles. The highest BCUT2D eigenvalue weighted by Gasteiger charge is 2.29. The molecule has 4 rings (SSSR count).